The monoisotopic (exact) mass is 296 g/mol. The van der Waals surface area contributed by atoms with Gasteiger partial charge >= 0.3 is 0 Å². The summed E-state index contributed by atoms with van der Waals surface area (Å²) < 4.78 is 18.9. The average Bonchev–Trinajstić information content (AvgIpc) is 2.45. The highest BCUT2D eigenvalue weighted by atomic mass is 19.1. The van der Waals surface area contributed by atoms with Crippen LogP contribution in [0.4, 0.5) is 4.39 Å². The van der Waals surface area contributed by atoms with E-state index >= 15 is 0 Å². The molecule has 1 aromatic rings. The van der Waals surface area contributed by atoms with E-state index in [9.17, 15) is 9.18 Å². The van der Waals surface area contributed by atoms with Crippen LogP contribution in [-0.2, 0) is 4.79 Å². The van der Waals surface area contributed by atoms with Gasteiger partial charge in [-0.2, -0.15) is 0 Å². The zero-order chi connectivity index (χ0) is 15.8. The molecular weight excluding hydrogens is 271 g/mol. The van der Waals surface area contributed by atoms with E-state index in [1.54, 1.807) is 6.07 Å². The molecule has 0 saturated carbocycles. The molecule has 0 heterocycles. The van der Waals surface area contributed by atoms with Gasteiger partial charge in [-0.3, -0.25) is 4.79 Å². The Bertz CT molecular complexity index is 466. The molecule has 5 heteroatoms. The Kier molecular flexibility index (Phi) is 7.15. The predicted octanol–water partition coefficient (Wildman–Crippen LogP) is 2.79. The third-order valence-electron chi connectivity index (χ3n) is 3.33. The number of benzene rings is 1. The summed E-state index contributed by atoms with van der Waals surface area (Å²) in [4.78, 5) is 11.7. The van der Waals surface area contributed by atoms with Crippen LogP contribution in [0.1, 0.15) is 45.7 Å². The lowest BCUT2D eigenvalue weighted by atomic mass is 10.1. The fourth-order valence-corrected chi connectivity index (χ4v) is 1.97. The number of amides is 1. The van der Waals surface area contributed by atoms with E-state index < -0.39 is 0 Å². The first-order chi connectivity index (χ1) is 9.97. The molecule has 4 nitrogen and oxygen atoms in total. The minimum absolute atomic E-state index is 0.0308. The summed E-state index contributed by atoms with van der Waals surface area (Å²) in [5, 5.41) is 6.06. The van der Waals surface area contributed by atoms with Gasteiger partial charge in [-0.05, 0) is 32.9 Å². The largest absolute Gasteiger partial charge is 0.483 e. The molecule has 0 fully saturated rings. The molecule has 2 atom stereocenters. The molecule has 0 aromatic heterocycles. The van der Waals surface area contributed by atoms with Gasteiger partial charge in [0.1, 0.15) is 11.6 Å². The summed E-state index contributed by atoms with van der Waals surface area (Å²) in [6.07, 6.45) is 0.856. The molecule has 1 aromatic carbocycles. The second-order valence-corrected chi connectivity index (χ2v) is 5.13. The van der Waals surface area contributed by atoms with Crippen LogP contribution in [0.2, 0.25) is 0 Å². The highest BCUT2D eigenvalue weighted by molar-refractivity contribution is 5.77. The maximum absolute atomic E-state index is 13.4. The lowest BCUT2D eigenvalue weighted by molar-refractivity contribution is -0.123. The Labute approximate surface area is 126 Å². The maximum atomic E-state index is 13.4. The van der Waals surface area contributed by atoms with Crippen LogP contribution < -0.4 is 15.4 Å². The highest BCUT2D eigenvalue weighted by Gasteiger charge is 2.14. The SMILES string of the molecule is CCNC(C)c1ccc(F)cc1OCC(=O)NC(C)CC. The molecule has 1 amide bonds. The van der Waals surface area contributed by atoms with Crippen LogP contribution in [0.5, 0.6) is 5.75 Å². The zero-order valence-electron chi connectivity index (χ0n) is 13.2. The predicted molar refractivity (Wildman–Crippen MR) is 81.9 cm³/mol. The second-order valence-electron chi connectivity index (χ2n) is 5.13. The van der Waals surface area contributed by atoms with Crippen LogP contribution in [0, 0.1) is 5.82 Å². The highest BCUT2D eigenvalue weighted by Crippen LogP contribution is 2.26. The third kappa shape index (κ3) is 5.71. The van der Waals surface area contributed by atoms with Gasteiger partial charge in [0.2, 0.25) is 0 Å². The van der Waals surface area contributed by atoms with Gasteiger partial charge in [0.25, 0.3) is 5.91 Å². The van der Waals surface area contributed by atoms with Crippen molar-refractivity contribution in [1.29, 1.82) is 0 Å². The Morgan fingerprint density at radius 2 is 2.05 bits per heavy atom. The van der Waals surface area contributed by atoms with Gasteiger partial charge in [-0.1, -0.05) is 19.9 Å². The molecule has 0 spiro atoms. The van der Waals surface area contributed by atoms with Crippen LogP contribution in [0.25, 0.3) is 0 Å². The van der Waals surface area contributed by atoms with E-state index in [1.807, 2.05) is 27.7 Å². The number of halogens is 1. The van der Waals surface area contributed by atoms with Crippen molar-refractivity contribution in [2.75, 3.05) is 13.2 Å². The molecular formula is C16H25FN2O2. The standard InChI is InChI=1S/C16H25FN2O2/c1-5-11(3)19-16(20)10-21-15-9-13(17)7-8-14(15)12(4)18-6-2/h7-9,11-12,18H,5-6,10H2,1-4H3,(H,19,20). The molecule has 0 aliphatic rings. The lowest BCUT2D eigenvalue weighted by Gasteiger charge is -2.18. The van der Waals surface area contributed by atoms with Crippen LogP contribution in [0.3, 0.4) is 0 Å². The maximum Gasteiger partial charge on any atom is 0.258 e. The normalized spacial score (nSPS) is 13.6. The van der Waals surface area contributed by atoms with Crippen molar-refractivity contribution in [3.63, 3.8) is 0 Å². The zero-order valence-corrected chi connectivity index (χ0v) is 13.2. The summed E-state index contributed by atoms with van der Waals surface area (Å²) in [5.74, 6) is -0.168. The van der Waals surface area contributed by atoms with E-state index in [4.69, 9.17) is 4.74 Å². The van der Waals surface area contributed by atoms with Crippen molar-refractivity contribution in [1.82, 2.24) is 10.6 Å². The van der Waals surface area contributed by atoms with E-state index in [1.165, 1.54) is 12.1 Å². The van der Waals surface area contributed by atoms with E-state index in [2.05, 4.69) is 10.6 Å². The number of carbonyl (C=O) groups is 1. The molecule has 0 radical (unpaired) electrons. The van der Waals surface area contributed by atoms with Crippen LogP contribution >= 0.6 is 0 Å². The van der Waals surface area contributed by atoms with Crippen molar-refractivity contribution in [3.8, 4) is 5.75 Å². The molecule has 2 N–H and O–H groups in total. The first kappa shape index (κ1) is 17.4. The number of hydrogen-bond acceptors (Lipinski definition) is 3. The van der Waals surface area contributed by atoms with E-state index in [0.29, 0.717) is 5.75 Å². The Hall–Kier alpha value is -1.62. The molecule has 21 heavy (non-hydrogen) atoms. The fraction of sp³-hybridized carbons (Fsp3) is 0.562. The Balaban J connectivity index is 2.72. The topological polar surface area (TPSA) is 50.4 Å². The van der Waals surface area contributed by atoms with Crippen molar-refractivity contribution in [3.05, 3.63) is 29.6 Å². The number of hydrogen-bond donors (Lipinski definition) is 2. The van der Waals surface area contributed by atoms with Crippen molar-refractivity contribution in [2.45, 2.75) is 46.2 Å². The number of nitrogens with one attached hydrogen (secondary N) is 2. The molecule has 118 valence electrons. The van der Waals surface area contributed by atoms with E-state index in [0.717, 1.165) is 18.5 Å². The third-order valence-corrected chi connectivity index (χ3v) is 3.33. The van der Waals surface area contributed by atoms with Gasteiger partial charge in [0, 0.05) is 23.7 Å². The molecule has 1 rings (SSSR count). The second kappa shape index (κ2) is 8.62. The number of carbonyl (C=O) groups excluding carboxylic acids is 1. The fourth-order valence-electron chi connectivity index (χ4n) is 1.97. The summed E-state index contributed by atoms with van der Waals surface area (Å²) >= 11 is 0. The molecule has 2 unspecified atom stereocenters. The molecule has 0 bridgehead atoms. The first-order valence-electron chi connectivity index (χ1n) is 7.42. The summed E-state index contributed by atoms with van der Waals surface area (Å²) in [6.45, 7) is 8.59. The lowest BCUT2D eigenvalue weighted by Crippen LogP contribution is -2.35. The van der Waals surface area contributed by atoms with Crippen LogP contribution in [0.15, 0.2) is 18.2 Å². The average molecular weight is 296 g/mol. The quantitative estimate of drug-likeness (QED) is 0.775. The van der Waals surface area contributed by atoms with Crippen LogP contribution in [-0.4, -0.2) is 25.1 Å². The Morgan fingerprint density at radius 3 is 2.67 bits per heavy atom. The molecule has 0 aliphatic carbocycles. The van der Waals surface area contributed by atoms with Gasteiger partial charge in [0.05, 0.1) is 0 Å². The van der Waals surface area contributed by atoms with Gasteiger partial charge in [0.15, 0.2) is 6.61 Å². The van der Waals surface area contributed by atoms with Gasteiger partial charge < -0.3 is 15.4 Å². The van der Waals surface area contributed by atoms with Crippen molar-refractivity contribution < 1.29 is 13.9 Å². The van der Waals surface area contributed by atoms with E-state index in [-0.39, 0.29) is 30.4 Å². The summed E-state index contributed by atoms with van der Waals surface area (Å²) in [5.41, 5.74) is 0.842. The number of ether oxygens (including phenoxy) is 1. The van der Waals surface area contributed by atoms with Crippen molar-refractivity contribution in [2.24, 2.45) is 0 Å². The molecule has 0 aliphatic heterocycles. The summed E-state index contributed by atoms with van der Waals surface area (Å²) in [7, 11) is 0. The van der Waals surface area contributed by atoms with Gasteiger partial charge in [-0.25, -0.2) is 4.39 Å². The first-order valence-corrected chi connectivity index (χ1v) is 7.42. The smallest absolute Gasteiger partial charge is 0.258 e. The van der Waals surface area contributed by atoms with Gasteiger partial charge in [-0.15, -0.1) is 0 Å². The minimum atomic E-state index is -0.375. The van der Waals surface area contributed by atoms with Crippen molar-refractivity contribution >= 4 is 5.91 Å². The number of rotatable bonds is 8. The summed E-state index contributed by atoms with van der Waals surface area (Å²) in [6, 6.07) is 4.54. The molecule has 0 saturated heterocycles. The Morgan fingerprint density at radius 1 is 1.33 bits per heavy atom. The minimum Gasteiger partial charge on any atom is -0.483 e.